The third kappa shape index (κ3) is 6.30. The summed E-state index contributed by atoms with van der Waals surface area (Å²) in [7, 11) is 0. The second-order valence-corrected chi connectivity index (χ2v) is 7.13. The lowest BCUT2D eigenvalue weighted by Crippen LogP contribution is -2.36. The maximum Gasteiger partial charge on any atom is 0.316 e. The maximum absolute atomic E-state index is 12.1. The van der Waals surface area contributed by atoms with Gasteiger partial charge in [0.1, 0.15) is 5.75 Å². The monoisotopic (exact) mass is 478 g/mol. The highest BCUT2D eigenvalue weighted by Crippen LogP contribution is 2.20. The molecule has 0 saturated heterocycles. The summed E-state index contributed by atoms with van der Waals surface area (Å²) in [5.74, 6) is -0.168. The second-order valence-electron chi connectivity index (χ2n) is 5.78. The first-order chi connectivity index (χ1) is 14.0. The van der Waals surface area contributed by atoms with Gasteiger partial charge >= 0.3 is 11.8 Å². The summed E-state index contributed by atoms with van der Waals surface area (Å²) in [4.78, 5) is 27.9. The highest BCUT2D eigenvalue weighted by molar-refractivity contribution is 9.10. The Bertz CT molecular complexity index is 994. The van der Waals surface area contributed by atoms with Gasteiger partial charge in [0.15, 0.2) is 6.61 Å². The van der Waals surface area contributed by atoms with E-state index in [-0.39, 0.29) is 37.3 Å². The Kier molecular flexibility index (Phi) is 7.20. The smallest absolute Gasteiger partial charge is 0.316 e. The molecule has 150 valence electrons. The molecule has 0 saturated carbocycles. The summed E-state index contributed by atoms with van der Waals surface area (Å²) < 4.78 is 11.3. The summed E-state index contributed by atoms with van der Waals surface area (Å²) >= 11 is 9.25. The van der Waals surface area contributed by atoms with Crippen LogP contribution in [0.3, 0.4) is 0 Å². The molecule has 3 rings (SSSR count). The van der Waals surface area contributed by atoms with E-state index in [9.17, 15) is 9.59 Å². The van der Waals surface area contributed by atoms with E-state index in [4.69, 9.17) is 20.9 Å². The Balaban J connectivity index is 1.38. The zero-order valence-electron chi connectivity index (χ0n) is 15.0. The minimum absolute atomic E-state index is 0.123. The Labute approximate surface area is 179 Å². The highest BCUT2D eigenvalue weighted by Gasteiger charge is 2.16. The van der Waals surface area contributed by atoms with E-state index in [1.54, 1.807) is 36.4 Å². The predicted molar refractivity (Wildman–Crippen MR) is 110 cm³/mol. The molecule has 0 unspecified atom stereocenters. The van der Waals surface area contributed by atoms with Gasteiger partial charge in [-0.2, -0.15) is 4.98 Å². The summed E-state index contributed by atoms with van der Waals surface area (Å²) in [6.45, 7) is 0.295. The van der Waals surface area contributed by atoms with Crippen LogP contribution in [-0.4, -0.2) is 41.7 Å². The van der Waals surface area contributed by atoms with Gasteiger partial charge in [0.2, 0.25) is 5.82 Å². The molecule has 1 heterocycles. The molecule has 0 spiro atoms. The molecule has 2 N–H and O–H groups in total. The zero-order chi connectivity index (χ0) is 20.6. The highest BCUT2D eigenvalue weighted by atomic mass is 79.9. The molecule has 0 radical (unpaired) electrons. The van der Waals surface area contributed by atoms with Crippen LogP contribution in [0.4, 0.5) is 0 Å². The molecule has 0 atom stereocenters. The van der Waals surface area contributed by atoms with E-state index in [0.717, 1.165) is 4.47 Å². The third-order valence-electron chi connectivity index (χ3n) is 3.62. The summed E-state index contributed by atoms with van der Waals surface area (Å²) in [5.41, 5.74) is 0.637. The van der Waals surface area contributed by atoms with Gasteiger partial charge in [-0.25, -0.2) is 0 Å². The third-order valence-corrected chi connectivity index (χ3v) is 4.38. The van der Waals surface area contributed by atoms with Crippen molar-refractivity contribution >= 4 is 39.3 Å². The largest absolute Gasteiger partial charge is 0.484 e. The Hall–Kier alpha value is -2.91. The van der Waals surface area contributed by atoms with Gasteiger partial charge in [-0.3, -0.25) is 9.59 Å². The van der Waals surface area contributed by atoms with Crippen molar-refractivity contribution in [1.82, 2.24) is 20.8 Å². The lowest BCUT2D eigenvalue weighted by atomic mass is 10.2. The van der Waals surface area contributed by atoms with Gasteiger partial charge < -0.3 is 19.9 Å². The fourth-order valence-electron chi connectivity index (χ4n) is 2.24. The number of aromatic nitrogens is 2. The van der Waals surface area contributed by atoms with Crippen molar-refractivity contribution in [1.29, 1.82) is 0 Å². The summed E-state index contributed by atoms with van der Waals surface area (Å²) in [6, 6.07) is 14.0. The Morgan fingerprint density at radius 3 is 2.62 bits per heavy atom. The average molecular weight is 480 g/mol. The van der Waals surface area contributed by atoms with Crippen molar-refractivity contribution in [3.05, 3.63) is 63.9 Å². The minimum atomic E-state index is -0.536. The first kappa shape index (κ1) is 20.8. The fraction of sp³-hybridized carbons (Fsp3) is 0.158. The van der Waals surface area contributed by atoms with Crippen molar-refractivity contribution in [3.63, 3.8) is 0 Å². The van der Waals surface area contributed by atoms with E-state index in [2.05, 4.69) is 36.7 Å². The van der Waals surface area contributed by atoms with Gasteiger partial charge in [0, 0.05) is 28.1 Å². The molecule has 1 aromatic heterocycles. The molecule has 3 aromatic rings. The number of nitrogens with one attached hydrogen (secondary N) is 2. The molecule has 0 aliphatic heterocycles. The van der Waals surface area contributed by atoms with Crippen LogP contribution in [-0.2, 0) is 4.79 Å². The number of carbonyl (C=O) groups excluding carboxylic acids is 2. The van der Waals surface area contributed by atoms with E-state index in [1.807, 2.05) is 12.1 Å². The number of hydrogen-bond donors (Lipinski definition) is 2. The minimum Gasteiger partial charge on any atom is -0.484 e. The zero-order valence-corrected chi connectivity index (χ0v) is 17.4. The van der Waals surface area contributed by atoms with Crippen LogP contribution in [0.15, 0.2) is 57.5 Å². The molecule has 2 aromatic carbocycles. The lowest BCUT2D eigenvalue weighted by Gasteiger charge is -2.07. The molecule has 10 heteroatoms. The number of halogens is 2. The van der Waals surface area contributed by atoms with Crippen LogP contribution in [0, 0.1) is 0 Å². The number of nitrogens with zero attached hydrogens (tertiary/aromatic N) is 2. The van der Waals surface area contributed by atoms with Crippen molar-refractivity contribution in [2.24, 2.45) is 0 Å². The normalized spacial score (nSPS) is 10.4. The van der Waals surface area contributed by atoms with Crippen LogP contribution in [0.25, 0.3) is 11.4 Å². The Morgan fingerprint density at radius 1 is 1.10 bits per heavy atom. The number of ether oxygens (including phenoxy) is 1. The standard InChI is InChI=1S/C19H16BrClN4O4/c20-13-4-6-15(7-5-13)28-11-16(26)22-8-9-23-18(27)19-24-17(25-29-19)12-2-1-3-14(21)10-12/h1-7,10H,8-9,11H2,(H,22,26)(H,23,27). The molecular formula is C19H16BrClN4O4. The predicted octanol–water partition coefficient (Wildman–Crippen LogP) is 3.08. The average Bonchev–Trinajstić information content (AvgIpc) is 3.21. The fourth-order valence-corrected chi connectivity index (χ4v) is 2.70. The number of benzene rings is 2. The van der Waals surface area contributed by atoms with Crippen molar-refractivity contribution in [2.45, 2.75) is 0 Å². The van der Waals surface area contributed by atoms with Crippen molar-refractivity contribution < 1.29 is 18.8 Å². The number of carbonyl (C=O) groups is 2. The Morgan fingerprint density at radius 2 is 1.86 bits per heavy atom. The van der Waals surface area contributed by atoms with E-state index < -0.39 is 5.91 Å². The maximum atomic E-state index is 12.1. The quantitative estimate of drug-likeness (QED) is 0.481. The molecule has 8 nitrogen and oxygen atoms in total. The first-order valence-electron chi connectivity index (χ1n) is 8.54. The second kappa shape index (κ2) is 10.0. The molecule has 0 fully saturated rings. The number of hydrogen-bond acceptors (Lipinski definition) is 6. The molecule has 0 aliphatic rings. The van der Waals surface area contributed by atoms with Gasteiger partial charge in [-0.15, -0.1) is 0 Å². The number of rotatable bonds is 8. The van der Waals surface area contributed by atoms with Crippen LogP contribution < -0.4 is 15.4 Å². The van der Waals surface area contributed by atoms with Gasteiger partial charge in [0.25, 0.3) is 5.91 Å². The first-order valence-corrected chi connectivity index (χ1v) is 9.71. The van der Waals surface area contributed by atoms with Crippen molar-refractivity contribution in [3.8, 4) is 17.1 Å². The van der Waals surface area contributed by atoms with Gasteiger partial charge in [-0.1, -0.05) is 44.8 Å². The van der Waals surface area contributed by atoms with Crippen LogP contribution >= 0.6 is 27.5 Å². The van der Waals surface area contributed by atoms with E-state index in [1.165, 1.54) is 0 Å². The van der Waals surface area contributed by atoms with Gasteiger partial charge in [-0.05, 0) is 36.4 Å². The van der Waals surface area contributed by atoms with Crippen LogP contribution in [0.5, 0.6) is 5.75 Å². The van der Waals surface area contributed by atoms with E-state index in [0.29, 0.717) is 16.3 Å². The topological polar surface area (TPSA) is 106 Å². The van der Waals surface area contributed by atoms with Crippen LogP contribution in [0.2, 0.25) is 5.02 Å². The molecule has 0 aliphatic carbocycles. The molecule has 29 heavy (non-hydrogen) atoms. The van der Waals surface area contributed by atoms with Crippen LogP contribution in [0.1, 0.15) is 10.7 Å². The number of amides is 2. The van der Waals surface area contributed by atoms with Gasteiger partial charge in [0.05, 0.1) is 0 Å². The summed E-state index contributed by atoms with van der Waals surface area (Å²) in [5, 5.41) is 9.52. The SMILES string of the molecule is O=C(COc1ccc(Br)cc1)NCCNC(=O)c1nc(-c2cccc(Cl)c2)no1. The lowest BCUT2D eigenvalue weighted by molar-refractivity contribution is -0.123. The van der Waals surface area contributed by atoms with E-state index >= 15 is 0 Å². The summed E-state index contributed by atoms with van der Waals surface area (Å²) in [6.07, 6.45) is 0. The van der Waals surface area contributed by atoms with Crippen molar-refractivity contribution in [2.75, 3.05) is 19.7 Å². The molecule has 2 amide bonds. The molecule has 0 bridgehead atoms. The molecular weight excluding hydrogens is 464 g/mol.